The fourth-order valence-corrected chi connectivity index (χ4v) is 3.54. The van der Waals surface area contributed by atoms with E-state index in [4.69, 9.17) is 14.2 Å². The summed E-state index contributed by atoms with van der Waals surface area (Å²) in [4.78, 5) is 36.4. The second-order valence-corrected chi connectivity index (χ2v) is 6.26. The van der Waals surface area contributed by atoms with E-state index in [9.17, 15) is 14.4 Å². The summed E-state index contributed by atoms with van der Waals surface area (Å²) in [6.45, 7) is 0. The maximum absolute atomic E-state index is 12.5. The minimum Gasteiger partial charge on any atom is -0.485 e. The molecule has 25 heavy (non-hydrogen) atoms. The molecule has 0 N–H and O–H groups in total. The highest BCUT2D eigenvalue weighted by molar-refractivity contribution is 5.98. The summed E-state index contributed by atoms with van der Waals surface area (Å²) >= 11 is 0. The SMILES string of the molecule is COC(=O)C(C(=O)OC)C1CC2=C(O1)C(=O)CC(c1ccccc1)C2. The zero-order valence-electron chi connectivity index (χ0n) is 14.2. The molecule has 2 unspecified atom stereocenters. The molecule has 2 aliphatic rings. The minimum atomic E-state index is -1.19. The number of carbonyl (C=O) groups excluding carboxylic acids is 3. The average molecular weight is 344 g/mol. The van der Waals surface area contributed by atoms with Gasteiger partial charge in [0.05, 0.1) is 14.2 Å². The molecule has 0 radical (unpaired) electrons. The van der Waals surface area contributed by atoms with Crippen LogP contribution in [0.3, 0.4) is 0 Å². The molecule has 1 aromatic carbocycles. The fraction of sp³-hybridized carbons (Fsp3) is 0.421. The molecular formula is C19H20O6. The van der Waals surface area contributed by atoms with Gasteiger partial charge in [-0.25, -0.2) is 0 Å². The topological polar surface area (TPSA) is 78.9 Å². The molecule has 0 spiro atoms. The van der Waals surface area contributed by atoms with Gasteiger partial charge in [-0.15, -0.1) is 0 Å². The standard InChI is InChI=1S/C19H20O6/c1-23-18(21)16(19(22)24-2)15-10-13-8-12(9-14(20)17(13)25-15)11-6-4-3-5-7-11/h3-7,12,15-16H,8-10H2,1-2H3. The Labute approximate surface area is 145 Å². The Kier molecular flexibility index (Phi) is 4.88. The molecule has 6 nitrogen and oxygen atoms in total. The Morgan fingerprint density at radius 3 is 2.28 bits per heavy atom. The van der Waals surface area contributed by atoms with Crippen molar-refractivity contribution in [3.8, 4) is 0 Å². The highest BCUT2D eigenvalue weighted by Gasteiger charge is 2.45. The third kappa shape index (κ3) is 3.29. The number of hydrogen-bond acceptors (Lipinski definition) is 6. The van der Waals surface area contributed by atoms with Gasteiger partial charge >= 0.3 is 11.9 Å². The van der Waals surface area contributed by atoms with Gasteiger partial charge in [0, 0.05) is 12.8 Å². The predicted molar refractivity (Wildman–Crippen MR) is 87.5 cm³/mol. The molecular weight excluding hydrogens is 324 g/mol. The number of hydrogen-bond donors (Lipinski definition) is 0. The van der Waals surface area contributed by atoms with Gasteiger partial charge in [-0.2, -0.15) is 0 Å². The Morgan fingerprint density at radius 2 is 1.68 bits per heavy atom. The first-order valence-electron chi connectivity index (χ1n) is 8.17. The maximum Gasteiger partial charge on any atom is 0.323 e. The summed E-state index contributed by atoms with van der Waals surface area (Å²) in [7, 11) is 2.41. The van der Waals surface area contributed by atoms with Gasteiger partial charge in [0.25, 0.3) is 0 Å². The fourth-order valence-electron chi connectivity index (χ4n) is 3.54. The van der Waals surface area contributed by atoms with E-state index in [-0.39, 0.29) is 11.7 Å². The smallest absolute Gasteiger partial charge is 0.323 e. The van der Waals surface area contributed by atoms with Crippen LogP contribution in [-0.2, 0) is 28.6 Å². The summed E-state index contributed by atoms with van der Waals surface area (Å²) in [5, 5.41) is 0. The van der Waals surface area contributed by atoms with Crippen LogP contribution in [0.15, 0.2) is 41.7 Å². The van der Waals surface area contributed by atoms with Gasteiger partial charge in [-0.05, 0) is 23.5 Å². The third-order valence-electron chi connectivity index (χ3n) is 4.77. The van der Waals surface area contributed by atoms with Crippen LogP contribution in [0.5, 0.6) is 0 Å². The number of ether oxygens (including phenoxy) is 3. The Hall–Kier alpha value is -2.63. The van der Waals surface area contributed by atoms with Crippen LogP contribution >= 0.6 is 0 Å². The lowest BCUT2D eigenvalue weighted by molar-refractivity contribution is -0.164. The number of carbonyl (C=O) groups is 3. The van der Waals surface area contributed by atoms with Crippen LogP contribution < -0.4 is 0 Å². The average Bonchev–Trinajstić information content (AvgIpc) is 3.06. The second kappa shape index (κ2) is 7.09. The highest BCUT2D eigenvalue weighted by Crippen LogP contribution is 2.42. The van der Waals surface area contributed by atoms with Crippen LogP contribution in [-0.4, -0.2) is 38.0 Å². The van der Waals surface area contributed by atoms with Gasteiger partial charge in [-0.1, -0.05) is 30.3 Å². The van der Waals surface area contributed by atoms with Gasteiger partial charge < -0.3 is 14.2 Å². The lowest BCUT2D eigenvalue weighted by Crippen LogP contribution is -2.37. The first-order chi connectivity index (χ1) is 12.0. The van der Waals surface area contributed by atoms with Gasteiger partial charge in [-0.3, -0.25) is 14.4 Å². The first-order valence-corrected chi connectivity index (χ1v) is 8.17. The number of Topliss-reactive ketones (excluding diaryl/α,β-unsaturated/α-hetero) is 1. The lowest BCUT2D eigenvalue weighted by atomic mass is 9.81. The van der Waals surface area contributed by atoms with E-state index in [2.05, 4.69) is 0 Å². The van der Waals surface area contributed by atoms with E-state index in [1.807, 2.05) is 30.3 Å². The molecule has 132 valence electrons. The van der Waals surface area contributed by atoms with Crippen LogP contribution in [0.1, 0.15) is 30.7 Å². The molecule has 1 aliphatic carbocycles. The molecule has 1 aliphatic heterocycles. The Balaban J connectivity index is 1.79. The normalized spacial score (nSPS) is 22.4. The van der Waals surface area contributed by atoms with Crippen molar-refractivity contribution in [1.29, 1.82) is 0 Å². The van der Waals surface area contributed by atoms with Crippen molar-refractivity contribution in [3.05, 3.63) is 47.2 Å². The summed E-state index contributed by atoms with van der Waals surface area (Å²) in [6.07, 6.45) is 0.621. The zero-order valence-corrected chi connectivity index (χ0v) is 14.2. The monoisotopic (exact) mass is 344 g/mol. The Bertz CT molecular complexity index is 705. The largest absolute Gasteiger partial charge is 0.485 e. The summed E-state index contributed by atoms with van der Waals surface area (Å²) < 4.78 is 15.1. The number of methoxy groups -OCH3 is 2. The molecule has 1 aromatic rings. The molecule has 0 amide bonds. The van der Waals surface area contributed by atoms with Crippen molar-refractivity contribution in [2.75, 3.05) is 14.2 Å². The quantitative estimate of drug-likeness (QED) is 0.615. The molecule has 0 saturated heterocycles. The molecule has 0 saturated carbocycles. The zero-order chi connectivity index (χ0) is 18.0. The molecule has 0 bridgehead atoms. The first kappa shape index (κ1) is 17.2. The van der Waals surface area contributed by atoms with Crippen LogP contribution in [0.4, 0.5) is 0 Å². The van der Waals surface area contributed by atoms with E-state index < -0.39 is 24.0 Å². The van der Waals surface area contributed by atoms with Gasteiger partial charge in [0.2, 0.25) is 0 Å². The predicted octanol–water partition coefficient (Wildman–Crippen LogP) is 2.14. The Morgan fingerprint density at radius 1 is 1.04 bits per heavy atom. The number of rotatable bonds is 4. The molecule has 1 heterocycles. The van der Waals surface area contributed by atoms with Crippen molar-refractivity contribution < 1.29 is 28.6 Å². The van der Waals surface area contributed by atoms with Crippen molar-refractivity contribution in [2.45, 2.75) is 31.3 Å². The van der Waals surface area contributed by atoms with Crippen LogP contribution in [0.2, 0.25) is 0 Å². The molecule has 0 fully saturated rings. The molecule has 0 aromatic heterocycles. The number of esters is 2. The summed E-state index contributed by atoms with van der Waals surface area (Å²) in [5.74, 6) is -2.33. The maximum atomic E-state index is 12.5. The number of allylic oxidation sites excluding steroid dienone is 1. The molecule has 2 atom stereocenters. The van der Waals surface area contributed by atoms with Crippen LogP contribution in [0.25, 0.3) is 0 Å². The van der Waals surface area contributed by atoms with Crippen LogP contribution in [0, 0.1) is 5.92 Å². The molecule has 6 heteroatoms. The van der Waals surface area contributed by atoms with Crippen molar-refractivity contribution in [2.24, 2.45) is 5.92 Å². The highest BCUT2D eigenvalue weighted by atomic mass is 16.6. The number of ketones is 1. The summed E-state index contributed by atoms with van der Waals surface area (Å²) in [6, 6.07) is 9.83. The molecule has 3 rings (SSSR count). The second-order valence-electron chi connectivity index (χ2n) is 6.26. The van der Waals surface area contributed by atoms with E-state index in [1.165, 1.54) is 14.2 Å². The third-order valence-corrected chi connectivity index (χ3v) is 4.77. The summed E-state index contributed by atoms with van der Waals surface area (Å²) in [5.41, 5.74) is 1.95. The van der Waals surface area contributed by atoms with Gasteiger partial charge in [0.1, 0.15) is 6.10 Å². The number of benzene rings is 1. The van der Waals surface area contributed by atoms with E-state index >= 15 is 0 Å². The lowest BCUT2D eigenvalue weighted by Gasteiger charge is -2.22. The van der Waals surface area contributed by atoms with E-state index in [0.29, 0.717) is 25.0 Å². The van der Waals surface area contributed by atoms with E-state index in [0.717, 1.165) is 11.1 Å². The van der Waals surface area contributed by atoms with Crippen molar-refractivity contribution >= 4 is 17.7 Å². The van der Waals surface area contributed by atoms with Crippen molar-refractivity contribution in [1.82, 2.24) is 0 Å². The van der Waals surface area contributed by atoms with E-state index in [1.54, 1.807) is 0 Å². The van der Waals surface area contributed by atoms with Gasteiger partial charge in [0.15, 0.2) is 17.5 Å². The van der Waals surface area contributed by atoms with Crippen molar-refractivity contribution in [3.63, 3.8) is 0 Å². The minimum absolute atomic E-state index is 0.0875.